The van der Waals surface area contributed by atoms with Gasteiger partial charge in [0.25, 0.3) is 5.56 Å². The van der Waals surface area contributed by atoms with E-state index in [1.165, 1.54) is 34.8 Å². The van der Waals surface area contributed by atoms with Crippen molar-refractivity contribution in [2.75, 3.05) is 5.75 Å². The fourth-order valence-electron chi connectivity index (χ4n) is 5.14. The molecule has 0 bridgehead atoms. The number of nitrogens with zero attached hydrogens (tertiary/aromatic N) is 3. The van der Waals surface area contributed by atoms with Crippen LogP contribution in [-0.4, -0.2) is 25.8 Å². The summed E-state index contributed by atoms with van der Waals surface area (Å²) in [6.45, 7) is 0. The second-order valence-corrected chi connectivity index (χ2v) is 9.93. The lowest BCUT2D eigenvalue weighted by Gasteiger charge is -2.15. The number of hydrogen-bond acceptors (Lipinski definition) is 4. The minimum atomic E-state index is -0.0962. The van der Waals surface area contributed by atoms with Crippen LogP contribution in [0.4, 0.5) is 0 Å². The molecular formula is C29H25N3O2S. The number of carbonyl (C=O) groups excluding carboxylic acids is 1. The van der Waals surface area contributed by atoms with E-state index in [9.17, 15) is 9.59 Å². The normalized spacial score (nSPS) is 13.3. The highest BCUT2D eigenvalue weighted by atomic mass is 32.2. The van der Waals surface area contributed by atoms with E-state index in [-0.39, 0.29) is 11.5 Å². The zero-order chi connectivity index (χ0) is 23.8. The largest absolute Gasteiger partial charge is 0.284 e. The summed E-state index contributed by atoms with van der Waals surface area (Å²) in [4.78, 5) is 31.7. The van der Waals surface area contributed by atoms with E-state index in [0.717, 1.165) is 30.5 Å². The highest BCUT2D eigenvalue weighted by molar-refractivity contribution is 7.99. The number of carbonyl (C=O) groups is 1. The van der Waals surface area contributed by atoms with Crippen LogP contribution >= 0.6 is 11.8 Å². The first-order valence-electron chi connectivity index (χ1n) is 12.1. The molecule has 174 valence electrons. The van der Waals surface area contributed by atoms with Gasteiger partial charge in [-0.2, -0.15) is 0 Å². The Balaban J connectivity index is 1.32. The van der Waals surface area contributed by atoms with Gasteiger partial charge in [-0.15, -0.1) is 0 Å². The van der Waals surface area contributed by atoms with E-state index in [1.54, 1.807) is 4.57 Å². The molecule has 6 heteroatoms. The van der Waals surface area contributed by atoms with Crippen LogP contribution in [0.15, 0.2) is 88.8 Å². The molecule has 5 nitrogen and oxygen atoms in total. The monoisotopic (exact) mass is 479 g/mol. The van der Waals surface area contributed by atoms with Gasteiger partial charge < -0.3 is 0 Å². The molecule has 0 radical (unpaired) electrons. The van der Waals surface area contributed by atoms with Gasteiger partial charge in [-0.25, -0.2) is 4.98 Å². The van der Waals surface area contributed by atoms with Crippen molar-refractivity contribution >= 4 is 39.5 Å². The fourth-order valence-corrected chi connectivity index (χ4v) is 6.08. The molecule has 3 aromatic carbocycles. The number of hydrogen-bond donors (Lipinski definition) is 0. The minimum Gasteiger partial charge on any atom is -0.284 e. The van der Waals surface area contributed by atoms with Crippen LogP contribution < -0.4 is 5.56 Å². The van der Waals surface area contributed by atoms with Crippen LogP contribution in [0, 0.1) is 0 Å². The van der Waals surface area contributed by atoms with Crippen molar-refractivity contribution in [2.24, 2.45) is 0 Å². The predicted octanol–water partition coefficient (Wildman–Crippen LogP) is 6.04. The molecule has 0 N–H and O–H groups in total. The number of benzene rings is 3. The lowest BCUT2D eigenvalue weighted by molar-refractivity contribution is 0.0912. The summed E-state index contributed by atoms with van der Waals surface area (Å²) in [5.41, 5.74) is 4.87. The van der Waals surface area contributed by atoms with Crippen LogP contribution in [0.3, 0.4) is 0 Å². The van der Waals surface area contributed by atoms with Crippen molar-refractivity contribution in [1.29, 1.82) is 0 Å². The summed E-state index contributed by atoms with van der Waals surface area (Å²) in [5.74, 6) is 0.642. The van der Waals surface area contributed by atoms with Crippen molar-refractivity contribution in [2.45, 2.75) is 37.3 Å². The molecule has 2 aromatic heterocycles. The Morgan fingerprint density at radius 1 is 0.857 bits per heavy atom. The Hall–Kier alpha value is -3.64. The summed E-state index contributed by atoms with van der Waals surface area (Å²) in [5, 5.41) is 2.40. The average molecular weight is 480 g/mol. The van der Waals surface area contributed by atoms with E-state index < -0.39 is 0 Å². The Morgan fingerprint density at radius 2 is 1.57 bits per heavy atom. The van der Waals surface area contributed by atoms with Crippen molar-refractivity contribution < 1.29 is 4.79 Å². The van der Waals surface area contributed by atoms with Gasteiger partial charge in [0, 0.05) is 23.3 Å². The van der Waals surface area contributed by atoms with Crippen LogP contribution in [0.2, 0.25) is 0 Å². The van der Waals surface area contributed by atoms with Gasteiger partial charge in [-0.1, -0.05) is 60.3 Å². The van der Waals surface area contributed by atoms with Crippen LogP contribution in [-0.2, 0) is 12.8 Å². The number of thioether (sulfide) groups is 1. The Morgan fingerprint density at radius 3 is 2.43 bits per heavy atom. The zero-order valence-electron chi connectivity index (χ0n) is 19.3. The van der Waals surface area contributed by atoms with Gasteiger partial charge in [0.05, 0.1) is 22.1 Å². The first-order chi connectivity index (χ1) is 17.2. The van der Waals surface area contributed by atoms with E-state index in [2.05, 4.69) is 18.2 Å². The lowest BCUT2D eigenvalue weighted by atomic mass is 9.95. The van der Waals surface area contributed by atoms with Crippen LogP contribution in [0.5, 0.6) is 0 Å². The molecule has 0 unspecified atom stereocenters. The molecule has 0 atom stereocenters. The third-order valence-corrected chi connectivity index (χ3v) is 7.67. The third-order valence-electron chi connectivity index (χ3n) is 6.73. The molecule has 0 fully saturated rings. The molecule has 1 aliphatic rings. The predicted molar refractivity (Wildman–Crippen MR) is 142 cm³/mol. The van der Waals surface area contributed by atoms with Gasteiger partial charge in [0.2, 0.25) is 5.91 Å². The van der Waals surface area contributed by atoms with Gasteiger partial charge >= 0.3 is 0 Å². The summed E-state index contributed by atoms with van der Waals surface area (Å²) in [6.07, 6.45) is 4.65. The highest BCUT2D eigenvalue weighted by Crippen LogP contribution is 2.32. The van der Waals surface area contributed by atoms with Gasteiger partial charge in [0.15, 0.2) is 5.16 Å². The van der Waals surface area contributed by atoms with Gasteiger partial charge in [-0.3, -0.25) is 18.7 Å². The second kappa shape index (κ2) is 9.19. The molecule has 0 aliphatic heterocycles. The average Bonchev–Trinajstić information content (AvgIpc) is 3.24. The number of fused-ring (bicyclic) bond motifs is 4. The first-order valence-corrected chi connectivity index (χ1v) is 13.1. The maximum Gasteiger partial charge on any atom is 0.266 e. The van der Waals surface area contributed by atoms with E-state index >= 15 is 0 Å². The molecule has 6 rings (SSSR count). The summed E-state index contributed by atoms with van der Waals surface area (Å²) < 4.78 is 3.60. The molecule has 2 heterocycles. The highest BCUT2D eigenvalue weighted by Gasteiger charge is 2.23. The maximum absolute atomic E-state index is 13.5. The lowest BCUT2D eigenvalue weighted by Crippen LogP contribution is -2.22. The molecule has 0 spiro atoms. The molecule has 1 aliphatic carbocycles. The maximum atomic E-state index is 13.5. The third kappa shape index (κ3) is 3.88. The SMILES string of the molecule is O=C(CCSc1nc2ccccc2c(=O)n1-c1ccccc1)n1c2c(c3ccccc31)CCCC2. The molecule has 0 saturated carbocycles. The summed E-state index contributed by atoms with van der Waals surface area (Å²) >= 11 is 1.46. The number of aryl methyl sites for hydroxylation is 1. The van der Waals surface area contributed by atoms with Gasteiger partial charge in [0.1, 0.15) is 0 Å². The van der Waals surface area contributed by atoms with Gasteiger partial charge in [-0.05, 0) is 61.6 Å². The number of rotatable bonds is 5. The first kappa shape index (κ1) is 21.9. The van der Waals surface area contributed by atoms with Crippen LogP contribution in [0.25, 0.3) is 27.5 Å². The van der Waals surface area contributed by atoms with Crippen molar-refractivity contribution in [3.8, 4) is 5.69 Å². The van der Waals surface area contributed by atoms with E-state index in [1.807, 2.05) is 65.2 Å². The standard InChI is InChI=1S/C29H25N3O2S/c33-27(32-25-16-8-5-12-21(25)22-13-6-9-17-26(22)32)18-19-35-29-30-24-15-7-4-14-23(24)28(34)31(29)20-10-2-1-3-11-20/h1-5,7-8,10-12,14-16H,6,9,13,17-19H2. The quantitative estimate of drug-likeness (QED) is 0.228. The van der Waals surface area contributed by atoms with E-state index in [4.69, 9.17) is 4.98 Å². The molecule has 0 amide bonds. The molecule has 35 heavy (non-hydrogen) atoms. The fraction of sp³-hybridized carbons (Fsp3) is 0.207. The number of aromatic nitrogens is 3. The number of para-hydroxylation sites is 3. The minimum absolute atomic E-state index is 0.0962. The summed E-state index contributed by atoms with van der Waals surface area (Å²) in [7, 11) is 0. The van der Waals surface area contributed by atoms with Crippen LogP contribution in [0.1, 0.15) is 35.3 Å². The zero-order valence-corrected chi connectivity index (χ0v) is 20.1. The van der Waals surface area contributed by atoms with E-state index in [0.29, 0.717) is 28.2 Å². The summed E-state index contributed by atoms with van der Waals surface area (Å²) in [6, 6.07) is 25.2. The molecule has 0 saturated heterocycles. The Bertz CT molecular complexity index is 1620. The second-order valence-electron chi connectivity index (χ2n) is 8.86. The Labute approximate surface area is 207 Å². The van der Waals surface area contributed by atoms with Crippen molar-refractivity contribution in [1.82, 2.24) is 14.1 Å². The van der Waals surface area contributed by atoms with Crippen molar-refractivity contribution in [3.63, 3.8) is 0 Å². The topological polar surface area (TPSA) is 56.9 Å². The molecular weight excluding hydrogens is 454 g/mol. The Kier molecular flexibility index (Phi) is 5.74. The van der Waals surface area contributed by atoms with Crippen molar-refractivity contribution in [3.05, 3.63) is 100 Å². The smallest absolute Gasteiger partial charge is 0.266 e. The molecule has 5 aromatic rings.